The van der Waals surface area contributed by atoms with Crippen LogP contribution in [0.3, 0.4) is 0 Å². The molecule has 0 aliphatic heterocycles. The van der Waals surface area contributed by atoms with Gasteiger partial charge >= 0.3 is 0 Å². The van der Waals surface area contributed by atoms with Crippen molar-refractivity contribution in [2.75, 3.05) is 12.8 Å². The molecule has 19 heavy (non-hydrogen) atoms. The lowest BCUT2D eigenvalue weighted by atomic mass is 9.95. The van der Waals surface area contributed by atoms with Crippen molar-refractivity contribution in [3.63, 3.8) is 0 Å². The van der Waals surface area contributed by atoms with Crippen LogP contribution in [0.5, 0.6) is 0 Å². The van der Waals surface area contributed by atoms with Crippen LogP contribution < -0.4 is 5.32 Å². The standard InChI is InChI=1S/C16H27NOS/c1-10-7-11(2)16(12(3)8-10)15(17-6)9-19-14(5)13(4)18/h7-8,13-15,17-18H,9H2,1-6H3. The third-order valence-electron chi connectivity index (χ3n) is 3.64. The van der Waals surface area contributed by atoms with Gasteiger partial charge in [0.15, 0.2) is 0 Å². The highest BCUT2D eigenvalue weighted by molar-refractivity contribution is 7.99. The molecule has 2 N–H and O–H groups in total. The summed E-state index contributed by atoms with van der Waals surface area (Å²) in [6.45, 7) is 10.4. The Kier molecular flexibility index (Phi) is 6.37. The molecule has 0 spiro atoms. The molecule has 1 aromatic carbocycles. The quantitative estimate of drug-likeness (QED) is 0.838. The van der Waals surface area contributed by atoms with Crippen LogP contribution in [0.2, 0.25) is 0 Å². The SMILES string of the molecule is CNC(CSC(C)C(C)O)c1c(C)cc(C)cc1C. The van der Waals surface area contributed by atoms with Crippen LogP contribution in [0.4, 0.5) is 0 Å². The highest BCUT2D eigenvalue weighted by atomic mass is 32.2. The van der Waals surface area contributed by atoms with Crippen molar-refractivity contribution in [1.82, 2.24) is 5.32 Å². The second-order valence-corrected chi connectivity index (χ2v) is 6.84. The Bertz CT molecular complexity index is 394. The summed E-state index contributed by atoms with van der Waals surface area (Å²) in [7, 11) is 2.01. The first-order chi connectivity index (χ1) is 8.86. The van der Waals surface area contributed by atoms with Crippen molar-refractivity contribution >= 4 is 11.8 Å². The maximum Gasteiger partial charge on any atom is 0.0628 e. The molecule has 0 aromatic heterocycles. The second kappa shape index (κ2) is 7.32. The Morgan fingerprint density at radius 3 is 2.11 bits per heavy atom. The molecule has 1 rings (SSSR count). The average Bonchev–Trinajstić information content (AvgIpc) is 2.31. The molecule has 0 aliphatic rings. The van der Waals surface area contributed by atoms with E-state index in [1.165, 1.54) is 22.3 Å². The number of aryl methyl sites for hydroxylation is 3. The zero-order valence-corrected chi connectivity index (χ0v) is 13.8. The Balaban J connectivity index is 2.86. The molecule has 0 fully saturated rings. The van der Waals surface area contributed by atoms with Gasteiger partial charge in [-0.25, -0.2) is 0 Å². The molecule has 0 bridgehead atoms. The lowest BCUT2D eigenvalue weighted by Gasteiger charge is -2.24. The zero-order valence-electron chi connectivity index (χ0n) is 12.9. The first-order valence-corrected chi connectivity index (χ1v) is 7.96. The number of hydrogen-bond acceptors (Lipinski definition) is 3. The van der Waals surface area contributed by atoms with Gasteiger partial charge in [0.2, 0.25) is 0 Å². The van der Waals surface area contributed by atoms with Gasteiger partial charge in [-0.3, -0.25) is 0 Å². The van der Waals surface area contributed by atoms with Gasteiger partial charge in [0.25, 0.3) is 0 Å². The number of rotatable bonds is 6. The van der Waals surface area contributed by atoms with E-state index in [0.717, 1.165) is 5.75 Å². The smallest absolute Gasteiger partial charge is 0.0628 e. The summed E-state index contributed by atoms with van der Waals surface area (Å²) < 4.78 is 0. The topological polar surface area (TPSA) is 32.3 Å². The fraction of sp³-hybridized carbons (Fsp3) is 0.625. The third-order valence-corrected chi connectivity index (χ3v) is 5.09. The van der Waals surface area contributed by atoms with E-state index in [0.29, 0.717) is 6.04 Å². The predicted molar refractivity (Wildman–Crippen MR) is 86.1 cm³/mol. The van der Waals surface area contributed by atoms with Gasteiger partial charge in [-0.05, 0) is 51.4 Å². The van der Waals surface area contributed by atoms with Gasteiger partial charge in [0.05, 0.1) is 6.10 Å². The Hall–Kier alpha value is -0.510. The fourth-order valence-electron chi connectivity index (χ4n) is 2.44. The van der Waals surface area contributed by atoms with Crippen LogP contribution in [0, 0.1) is 20.8 Å². The molecular weight excluding hydrogens is 254 g/mol. The molecule has 0 heterocycles. The summed E-state index contributed by atoms with van der Waals surface area (Å²) in [6.07, 6.45) is -0.261. The number of aliphatic hydroxyl groups excluding tert-OH is 1. The van der Waals surface area contributed by atoms with Crippen molar-refractivity contribution in [2.24, 2.45) is 0 Å². The number of aliphatic hydroxyl groups is 1. The largest absolute Gasteiger partial charge is 0.392 e. The lowest BCUT2D eigenvalue weighted by molar-refractivity contribution is 0.196. The molecule has 3 atom stereocenters. The molecule has 0 saturated heterocycles. The molecule has 0 saturated carbocycles. The summed E-state index contributed by atoms with van der Waals surface area (Å²) in [4.78, 5) is 0. The number of thioether (sulfide) groups is 1. The van der Waals surface area contributed by atoms with Crippen molar-refractivity contribution in [2.45, 2.75) is 52.0 Å². The molecule has 0 aliphatic carbocycles. The fourth-order valence-corrected chi connectivity index (χ4v) is 3.55. The van der Waals surface area contributed by atoms with Gasteiger partial charge in [-0.15, -0.1) is 0 Å². The highest BCUT2D eigenvalue weighted by Gasteiger charge is 2.17. The van der Waals surface area contributed by atoms with Crippen LogP contribution in [0.25, 0.3) is 0 Å². The van der Waals surface area contributed by atoms with E-state index in [-0.39, 0.29) is 11.4 Å². The Morgan fingerprint density at radius 2 is 1.68 bits per heavy atom. The van der Waals surface area contributed by atoms with Crippen molar-refractivity contribution in [3.05, 3.63) is 34.4 Å². The predicted octanol–water partition coefficient (Wildman–Crippen LogP) is 3.37. The van der Waals surface area contributed by atoms with Crippen LogP contribution >= 0.6 is 11.8 Å². The van der Waals surface area contributed by atoms with E-state index in [2.05, 4.69) is 45.1 Å². The van der Waals surface area contributed by atoms with Crippen LogP contribution in [-0.4, -0.2) is 29.3 Å². The molecule has 2 nitrogen and oxygen atoms in total. The van der Waals surface area contributed by atoms with Crippen molar-refractivity contribution in [3.8, 4) is 0 Å². The average molecular weight is 281 g/mol. The van der Waals surface area contributed by atoms with Gasteiger partial charge in [0.1, 0.15) is 0 Å². The molecule has 1 aromatic rings. The van der Waals surface area contributed by atoms with E-state index >= 15 is 0 Å². The van der Waals surface area contributed by atoms with Crippen LogP contribution in [0.15, 0.2) is 12.1 Å². The monoisotopic (exact) mass is 281 g/mol. The van der Waals surface area contributed by atoms with Gasteiger partial charge in [0, 0.05) is 17.0 Å². The Morgan fingerprint density at radius 1 is 1.16 bits per heavy atom. The van der Waals surface area contributed by atoms with Gasteiger partial charge < -0.3 is 10.4 Å². The zero-order chi connectivity index (χ0) is 14.6. The maximum absolute atomic E-state index is 9.58. The Labute approximate surface area is 122 Å². The minimum Gasteiger partial charge on any atom is -0.392 e. The number of nitrogens with one attached hydrogen (secondary N) is 1. The van der Waals surface area contributed by atoms with Crippen molar-refractivity contribution in [1.29, 1.82) is 0 Å². The first-order valence-electron chi connectivity index (χ1n) is 6.91. The lowest BCUT2D eigenvalue weighted by Crippen LogP contribution is -2.24. The second-order valence-electron chi connectivity index (χ2n) is 5.43. The molecule has 108 valence electrons. The van der Waals surface area contributed by atoms with Gasteiger partial charge in [-0.2, -0.15) is 11.8 Å². The molecule has 3 unspecified atom stereocenters. The van der Waals surface area contributed by atoms with E-state index in [1.807, 2.05) is 25.7 Å². The maximum atomic E-state index is 9.58. The number of benzene rings is 1. The molecule has 0 radical (unpaired) electrons. The molecule has 0 amide bonds. The van der Waals surface area contributed by atoms with Crippen molar-refractivity contribution < 1.29 is 5.11 Å². The molecular formula is C16H27NOS. The summed E-state index contributed by atoms with van der Waals surface area (Å²) in [5, 5.41) is 13.3. The van der Waals surface area contributed by atoms with E-state index < -0.39 is 0 Å². The summed E-state index contributed by atoms with van der Waals surface area (Å²) in [6, 6.07) is 4.83. The highest BCUT2D eigenvalue weighted by Crippen LogP contribution is 2.28. The third kappa shape index (κ3) is 4.51. The molecule has 3 heteroatoms. The first kappa shape index (κ1) is 16.5. The minimum atomic E-state index is -0.261. The summed E-state index contributed by atoms with van der Waals surface area (Å²) >= 11 is 1.82. The van der Waals surface area contributed by atoms with Crippen LogP contribution in [0.1, 0.15) is 42.1 Å². The van der Waals surface area contributed by atoms with E-state index in [4.69, 9.17) is 0 Å². The summed E-state index contributed by atoms with van der Waals surface area (Å²) in [5.74, 6) is 0.979. The van der Waals surface area contributed by atoms with Crippen LogP contribution in [-0.2, 0) is 0 Å². The normalized spacial score (nSPS) is 16.2. The summed E-state index contributed by atoms with van der Waals surface area (Å²) in [5.41, 5.74) is 5.42. The van der Waals surface area contributed by atoms with E-state index in [9.17, 15) is 5.11 Å². The van der Waals surface area contributed by atoms with E-state index in [1.54, 1.807) is 0 Å². The minimum absolute atomic E-state index is 0.261. The van der Waals surface area contributed by atoms with Gasteiger partial charge in [-0.1, -0.05) is 24.6 Å². The number of hydrogen-bond donors (Lipinski definition) is 2.